The molecule has 0 aromatic carbocycles. The lowest BCUT2D eigenvalue weighted by molar-refractivity contribution is -0.161. The fourth-order valence-corrected chi connectivity index (χ4v) is 13.8. The highest BCUT2D eigenvalue weighted by Gasteiger charge is 2.30. The van der Waals surface area contributed by atoms with Crippen LogP contribution in [0.15, 0.2) is 0 Å². The van der Waals surface area contributed by atoms with Gasteiger partial charge in [-0.1, -0.05) is 363 Å². The van der Waals surface area contributed by atoms with Crippen LogP contribution in [-0.2, 0) is 65.4 Å². The Balaban J connectivity index is 5.19. The Morgan fingerprint density at radius 2 is 0.469 bits per heavy atom. The molecule has 0 bridgehead atoms. The van der Waals surface area contributed by atoms with Crippen LogP contribution in [0.1, 0.15) is 414 Å². The highest BCUT2D eigenvalue weighted by Crippen LogP contribution is 2.45. The molecular formula is C79H154O17P2. The molecule has 98 heavy (non-hydrogen) atoms. The van der Waals surface area contributed by atoms with Crippen LogP contribution >= 0.6 is 15.6 Å². The van der Waals surface area contributed by atoms with E-state index in [0.29, 0.717) is 25.7 Å². The number of hydrogen-bond donors (Lipinski definition) is 3. The van der Waals surface area contributed by atoms with Gasteiger partial charge >= 0.3 is 39.5 Å². The van der Waals surface area contributed by atoms with E-state index in [-0.39, 0.29) is 25.7 Å². The summed E-state index contributed by atoms with van der Waals surface area (Å²) in [5.41, 5.74) is 0. The summed E-state index contributed by atoms with van der Waals surface area (Å²) in [6, 6.07) is 0. The normalized spacial score (nSPS) is 13.9. The Labute approximate surface area is 600 Å². The molecule has 19 heteroatoms. The smallest absolute Gasteiger partial charge is 0.462 e. The molecule has 0 spiro atoms. The van der Waals surface area contributed by atoms with Gasteiger partial charge in [0.15, 0.2) is 12.2 Å². The number of carbonyl (C=O) groups is 4. The molecule has 0 aromatic rings. The zero-order valence-electron chi connectivity index (χ0n) is 64.1. The predicted molar refractivity (Wildman–Crippen MR) is 400 cm³/mol. The van der Waals surface area contributed by atoms with Crippen molar-refractivity contribution in [3.63, 3.8) is 0 Å². The molecule has 0 fully saturated rings. The summed E-state index contributed by atoms with van der Waals surface area (Å²) in [4.78, 5) is 72.8. The molecule has 0 radical (unpaired) electrons. The molecule has 0 heterocycles. The van der Waals surface area contributed by atoms with Crippen molar-refractivity contribution in [2.24, 2.45) is 11.8 Å². The predicted octanol–water partition coefficient (Wildman–Crippen LogP) is 23.5. The number of unbranched alkanes of at least 4 members (excludes halogenated alkanes) is 48. The van der Waals surface area contributed by atoms with Gasteiger partial charge in [-0.15, -0.1) is 0 Å². The topological polar surface area (TPSA) is 237 Å². The van der Waals surface area contributed by atoms with Gasteiger partial charge in [0.2, 0.25) is 0 Å². The molecule has 3 N–H and O–H groups in total. The molecular weight excluding hydrogens is 1280 g/mol. The van der Waals surface area contributed by atoms with Crippen molar-refractivity contribution in [1.29, 1.82) is 0 Å². The van der Waals surface area contributed by atoms with E-state index in [9.17, 15) is 43.2 Å². The van der Waals surface area contributed by atoms with Gasteiger partial charge in [-0.2, -0.15) is 0 Å². The lowest BCUT2D eigenvalue weighted by Crippen LogP contribution is -2.30. The quantitative estimate of drug-likeness (QED) is 0.0222. The molecule has 0 amide bonds. The van der Waals surface area contributed by atoms with E-state index in [1.54, 1.807) is 0 Å². The second kappa shape index (κ2) is 70.7. The first-order chi connectivity index (χ1) is 47.4. The fraction of sp³-hybridized carbons (Fsp3) is 0.949. The third kappa shape index (κ3) is 72.4. The summed E-state index contributed by atoms with van der Waals surface area (Å²) in [6.07, 6.45) is 59.7. The van der Waals surface area contributed by atoms with Gasteiger partial charge < -0.3 is 33.8 Å². The minimum absolute atomic E-state index is 0.108. The van der Waals surface area contributed by atoms with Crippen LogP contribution in [0.3, 0.4) is 0 Å². The zero-order chi connectivity index (χ0) is 72.1. The minimum Gasteiger partial charge on any atom is -0.462 e. The summed E-state index contributed by atoms with van der Waals surface area (Å²) < 4.78 is 68.5. The van der Waals surface area contributed by atoms with E-state index in [1.165, 1.54) is 218 Å². The Morgan fingerprint density at radius 1 is 0.276 bits per heavy atom. The first kappa shape index (κ1) is 96.1. The van der Waals surface area contributed by atoms with Crippen molar-refractivity contribution in [1.82, 2.24) is 0 Å². The second-order valence-corrected chi connectivity index (χ2v) is 32.3. The maximum atomic E-state index is 13.1. The maximum Gasteiger partial charge on any atom is 0.472 e. The van der Waals surface area contributed by atoms with Crippen LogP contribution in [0, 0.1) is 11.8 Å². The lowest BCUT2D eigenvalue weighted by atomic mass is 10.0. The third-order valence-electron chi connectivity index (χ3n) is 18.5. The van der Waals surface area contributed by atoms with Crippen LogP contribution in [-0.4, -0.2) is 96.7 Å². The van der Waals surface area contributed by atoms with Gasteiger partial charge in [-0.05, 0) is 37.5 Å². The number of aliphatic hydroxyl groups excluding tert-OH is 1. The van der Waals surface area contributed by atoms with E-state index >= 15 is 0 Å². The Morgan fingerprint density at radius 3 is 0.694 bits per heavy atom. The maximum absolute atomic E-state index is 13.1. The van der Waals surface area contributed by atoms with E-state index < -0.39 is 97.5 Å². The summed E-state index contributed by atoms with van der Waals surface area (Å²) >= 11 is 0. The molecule has 0 aliphatic heterocycles. The highest BCUT2D eigenvalue weighted by molar-refractivity contribution is 7.47. The van der Waals surface area contributed by atoms with Crippen molar-refractivity contribution >= 4 is 39.5 Å². The fourth-order valence-electron chi connectivity index (χ4n) is 12.2. The molecule has 0 aliphatic carbocycles. The molecule has 0 saturated heterocycles. The Hall–Kier alpha value is -1.94. The van der Waals surface area contributed by atoms with Crippen LogP contribution in [0.25, 0.3) is 0 Å². The van der Waals surface area contributed by atoms with Crippen LogP contribution in [0.2, 0.25) is 0 Å². The largest absolute Gasteiger partial charge is 0.472 e. The summed E-state index contributed by atoms with van der Waals surface area (Å²) in [7, 11) is -9.91. The van der Waals surface area contributed by atoms with Gasteiger partial charge in [0.1, 0.15) is 19.3 Å². The monoisotopic (exact) mass is 1440 g/mol. The lowest BCUT2D eigenvalue weighted by Gasteiger charge is -2.21. The van der Waals surface area contributed by atoms with Crippen molar-refractivity contribution in [3.8, 4) is 0 Å². The van der Waals surface area contributed by atoms with Crippen LogP contribution < -0.4 is 0 Å². The molecule has 582 valence electrons. The van der Waals surface area contributed by atoms with Crippen LogP contribution in [0.4, 0.5) is 0 Å². The van der Waals surface area contributed by atoms with E-state index in [4.69, 9.17) is 37.0 Å². The number of ether oxygens (including phenoxy) is 4. The minimum atomic E-state index is -4.96. The number of esters is 4. The summed E-state index contributed by atoms with van der Waals surface area (Å²) in [5.74, 6) is -0.505. The third-order valence-corrected chi connectivity index (χ3v) is 20.4. The molecule has 0 aliphatic rings. The number of rotatable bonds is 78. The average molecular weight is 1440 g/mol. The number of phosphoric ester groups is 2. The number of carbonyl (C=O) groups excluding carboxylic acids is 4. The molecule has 2 unspecified atom stereocenters. The van der Waals surface area contributed by atoms with E-state index in [1.807, 2.05) is 0 Å². The van der Waals surface area contributed by atoms with Gasteiger partial charge in [-0.3, -0.25) is 37.3 Å². The Kier molecular flexibility index (Phi) is 69.3. The van der Waals surface area contributed by atoms with Gasteiger partial charge in [0, 0.05) is 25.7 Å². The van der Waals surface area contributed by atoms with Crippen LogP contribution in [0.5, 0.6) is 0 Å². The molecule has 0 rings (SSSR count). The van der Waals surface area contributed by atoms with Crippen molar-refractivity contribution in [3.05, 3.63) is 0 Å². The summed E-state index contributed by atoms with van der Waals surface area (Å²) in [5, 5.41) is 10.6. The van der Waals surface area contributed by atoms with Gasteiger partial charge in [-0.25, -0.2) is 9.13 Å². The molecule has 17 nitrogen and oxygen atoms in total. The molecule has 5 atom stereocenters. The first-order valence-corrected chi connectivity index (χ1v) is 44.0. The van der Waals surface area contributed by atoms with Gasteiger partial charge in [0.25, 0.3) is 0 Å². The SMILES string of the molecule is CCCCCCCCCCCCCCCCCC(=O)O[C@H](COC(=O)CCCCCCCCC)COP(=O)(O)OC[C@H](O)COP(=O)(O)OC[C@@H](COC(=O)CCCCCCCCCCCCCCCCCC(C)C)OC(=O)CCCCCCCCCCCCCCCCCC(C)C. The molecule has 0 aromatic heterocycles. The summed E-state index contributed by atoms with van der Waals surface area (Å²) in [6.45, 7) is 9.64. The van der Waals surface area contributed by atoms with E-state index in [0.717, 1.165) is 115 Å². The number of phosphoric acid groups is 2. The average Bonchev–Trinajstić information content (AvgIpc) is 0.972. The molecule has 0 saturated carbocycles. The highest BCUT2D eigenvalue weighted by atomic mass is 31.2. The van der Waals surface area contributed by atoms with Gasteiger partial charge in [0.05, 0.1) is 26.4 Å². The first-order valence-electron chi connectivity index (χ1n) is 41.0. The van der Waals surface area contributed by atoms with Crippen molar-refractivity contribution in [2.75, 3.05) is 39.6 Å². The number of hydrogen-bond acceptors (Lipinski definition) is 15. The second-order valence-electron chi connectivity index (χ2n) is 29.4. The standard InChI is InChI=1S/C79H154O17P2/c1-7-9-11-13-15-16-17-18-21-29-34-39-45-51-57-63-78(83)95-74(67-89-76(81)61-55-49-41-14-12-10-8-2)69-93-97(85,86)91-65-73(80)66-92-98(87,88)94-70-75(96-79(84)64-58-52-46-40-35-30-25-20-23-27-32-37-43-48-54-60-72(5)6)68-90-77(82)62-56-50-44-38-33-28-24-19-22-26-31-36-42-47-53-59-71(3)4/h71-75,80H,7-70H2,1-6H3,(H,85,86)(H,87,88)/t73-,74+,75+/m0/s1. The Bertz CT molecular complexity index is 1890. The van der Waals surface area contributed by atoms with E-state index in [2.05, 4.69) is 41.5 Å². The number of aliphatic hydroxyl groups is 1. The zero-order valence-corrected chi connectivity index (χ0v) is 65.9. The van der Waals surface area contributed by atoms with Crippen molar-refractivity contribution < 1.29 is 80.2 Å². The van der Waals surface area contributed by atoms with Crippen molar-refractivity contribution in [2.45, 2.75) is 432 Å².